The molecule has 0 saturated carbocycles. The quantitative estimate of drug-likeness (QED) is 0.323. The van der Waals surface area contributed by atoms with Crippen LogP contribution in [0, 0.1) is 0 Å². The number of aromatic nitrogens is 2. The molecule has 7 heteroatoms. The van der Waals surface area contributed by atoms with Crippen molar-refractivity contribution in [1.29, 1.82) is 0 Å². The summed E-state index contributed by atoms with van der Waals surface area (Å²) in [5, 5.41) is 11.8. The summed E-state index contributed by atoms with van der Waals surface area (Å²) in [6.07, 6.45) is 0.317. The van der Waals surface area contributed by atoms with Crippen molar-refractivity contribution in [3.63, 3.8) is 0 Å². The van der Waals surface area contributed by atoms with Gasteiger partial charge in [-0.3, -0.25) is 0 Å². The van der Waals surface area contributed by atoms with E-state index < -0.39 is 0 Å². The minimum atomic E-state index is 0.152. The molecular formula is C14H13BrN4OS. The third-order valence-corrected chi connectivity index (χ3v) is 4.75. The number of para-hydroxylation sites is 2. The van der Waals surface area contributed by atoms with Gasteiger partial charge in [-0.2, -0.15) is 0 Å². The molecule has 0 unspecified atom stereocenters. The maximum atomic E-state index is 8.78. The Morgan fingerprint density at radius 3 is 2.86 bits per heavy atom. The highest BCUT2D eigenvalue weighted by Gasteiger charge is 2.13. The highest BCUT2D eigenvalue weighted by molar-refractivity contribution is 9.11. The van der Waals surface area contributed by atoms with Crippen LogP contribution in [-0.4, -0.2) is 20.6 Å². The lowest BCUT2D eigenvalue weighted by molar-refractivity contribution is 0.317. The van der Waals surface area contributed by atoms with Crippen LogP contribution in [0.2, 0.25) is 0 Å². The van der Waals surface area contributed by atoms with Crippen molar-refractivity contribution in [1.82, 2.24) is 9.55 Å². The van der Waals surface area contributed by atoms with Crippen molar-refractivity contribution < 1.29 is 5.21 Å². The molecule has 2 heterocycles. The number of halogens is 1. The molecule has 108 valence electrons. The summed E-state index contributed by atoms with van der Waals surface area (Å²) in [5.41, 5.74) is 7.59. The normalized spacial score (nSPS) is 12.1. The molecule has 3 aromatic rings. The molecule has 3 N–H and O–H groups in total. The van der Waals surface area contributed by atoms with Crippen molar-refractivity contribution in [3.8, 4) is 0 Å². The SMILES string of the molecule is NC(Cc1nc2ccccc2n1Cc1ccc(Br)s1)=NO. The Labute approximate surface area is 133 Å². The molecule has 5 nitrogen and oxygen atoms in total. The van der Waals surface area contributed by atoms with Crippen LogP contribution in [0.4, 0.5) is 0 Å². The van der Waals surface area contributed by atoms with E-state index in [1.54, 1.807) is 11.3 Å². The zero-order chi connectivity index (χ0) is 14.8. The molecular weight excluding hydrogens is 352 g/mol. The van der Waals surface area contributed by atoms with E-state index in [9.17, 15) is 0 Å². The molecule has 0 amide bonds. The molecule has 3 rings (SSSR count). The minimum absolute atomic E-state index is 0.152. The van der Waals surface area contributed by atoms with Gasteiger partial charge < -0.3 is 15.5 Å². The first-order chi connectivity index (χ1) is 10.2. The number of amidine groups is 1. The highest BCUT2D eigenvalue weighted by Crippen LogP contribution is 2.25. The van der Waals surface area contributed by atoms with Crippen LogP contribution in [0.3, 0.4) is 0 Å². The van der Waals surface area contributed by atoms with Crippen molar-refractivity contribution in [3.05, 3.63) is 50.9 Å². The number of hydrogen-bond acceptors (Lipinski definition) is 4. The van der Waals surface area contributed by atoms with Gasteiger partial charge in [0.1, 0.15) is 11.7 Å². The van der Waals surface area contributed by atoms with Crippen LogP contribution in [0.25, 0.3) is 11.0 Å². The Morgan fingerprint density at radius 2 is 2.14 bits per heavy atom. The highest BCUT2D eigenvalue weighted by atomic mass is 79.9. The maximum absolute atomic E-state index is 8.78. The van der Waals surface area contributed by atoms with E-state index in [1.807, 2.05) is 30.3 Å². The molecule has 0 aliphatic rings. The van der Waals surface area contributed by atoms with Crippen molar-refractivity contribution in [2.45, 2.75) is 13.0 Å². The second-order valence-corrected chi connectivity index (χ2v) is 7.12. The average molecular weight is 365 g/mol. The van der Waals surface area contributed by atoms with E-state index in [0.717, 1.165) is 20.6 Å². The minimum Gasteiger partial charge on any atom is -0.409 e. The molecule has 0 radical (unpaired) electrons. The first kappa shape index (κ1) is 14.1. The lowest BCUT2D eigenvalue weighted by atomic mass is 10.3. The zero-order valence-corrected chi connectivity index (χ0v) is 13.4. The fourth-order valence-corrected chi connectivity index (χ4v) is 3.70. The molecule has 1 aromatic carbocycles. The van der Waals surface area contributed by atoms with Gasteiger partial charge in [-0.05, 0) is 40.2 Å². The smallest absolute Gasteiger partial charge is 0.146 e. The lowest BCUT2D eigenvalue weighted by Crippen LogP contribution is -2.18. The van der Waals surface area contributed by atoms with Gasteiger partial charge in [0, 0.05) is 4.88 Å². The predicted octanol–water partition coefficient (Wildman–Crippen LogP) is 3.20. The number of fused-ring (bicyclic) bond motifs is 1. The monoisotopic (exact) mass is 364 g/mol. The number of nitrogens with zero attached hydrogens (tertiary/aromatic N) is 3. The molecule has 0 fully saturated rings. The molecule has 0 bridgehead atoms. The van der Waals surface area contributed by atoms with E-state index in [4.69, 9.17) is 10.9 Å². The Balaban J connectivity index is 2.06. The number of thiophene rings is 1. The summed E-state index contributed by atoms with van der Waals surface area (Å²) in [7, 11) is 0. The first-order valence-corrected chi connectivity index (χ1v) is 7.93. The van der Waals surface area contributed by atoms with Crippen LogP contribution in [0.1, 0.15) is 10.7 Å². The van der Waals surface area contributed by atoms with Crippen molar-refractivity contribution in [2.24, 2.45) is 10.9 Å². The Hall–Kier alpha value is -1.86. The standard InChI is InChI=1S/C14H13BrN4OS/c15-12-6-5-9(21-12)8-19-11-4-2-1-3-10(11)17-14(19)7-13(16)18-20/h1-6,20H,7-8H2,(H2,16,18). The molecule has 2 aromatic heterocycles. The molecule has 21 heavy (non-hydrogen) atoms. The third-order valence-electron chi connectivity index (χ3n) is 3.14. The van der Waals surface area contributed by atoms with Gasteiger partial charge in [0.15, 0.2) is 0 Å². The van der Waals surface area contributed by atoms with Crippen LogP contribution >= 0.6 is 27.3 Å². The van der Waals surface area contributed by atoms with Gasteiger partial charge in [0.2, 0.25) is 0 Å². The first-order valence-electron chi connectivity index (χ1n) is 6.32. The maximum Gasteiger partial charge on any atom is 0.146 e. The van der Waals surface area contributed by atoms with E-state index in [-0.39, 0.29) is 5.84 Å². The molecule has 0 aliphatic carbocycles. The molecule has 0 saturated heterocycles. The Kier molecular flexibility index (Phi) is 3.94. The summed E-state index contributed by atoms with van der Waals surface area (Å²) < 4.78 is 3.20. The van der Waals surface area contributed by atoms with Crippen LogP contribution in [-0.2, 0) is 13.0 Å². The number of rotatable bonds is 4. The summed E-state index contributed by atoms with van der Waals surface area (Å²) in [5.74, 6) is 0.940. The Bertz CT molecular complexity index is 808. The van der Waals surface area contributed by atoms with E-state index in [1.165, 1.54) is 4.88 Å². The predicted molar refractivity (Wildman–Crippen MR) is 88.0 cm³/mol. The molecule has 0 spiro atoms. The fraction of sp³-hybridized carbons (Fsp3) is 0.143. The van der Waals surface area contributed by atoms with Gasteiger partial charge in [0.05, 0.1) is 27.8 Å². The third kappa shape index (κ3) is 2.93. The lowest BCUT2D eigenvalue weighted by Gasteiger charge is -2.07. The van der Waals surface area contributed by atoms with Gasteiger partial charge in [-0.1, -0.05) is 17.3 Å². The largest absolute Gasteiger partial charge is 0.409 e. The topological polar surface area (TPSA) is 76.4 Å². The fourth-order valence-electron chi connectivity index (χ4n) is 2.23. The van der Waals surface area contributed by atoms with Gasteiger partial charge in [0.25, 0.3) is 0 Å². The van der Waals surface area contributed by atoms with Gasteiger partial charge in [-0.25, -0.2) is 4.98 Å². The van der Waals surface area contributed by atoms with Gasteiger partial charge >= 0.3 is 0 Å². The number of oxime groups is 1. The zero-order valence-electron chi connectivity index (χ0n) is 11.0. The summed E-state index contributed by atoms with van der Waals surface area (Å²) in [4.78, 5) is 5.80. The van der Waals surface area contributed by atoms with Crippen LogP contribution in [0.15, 0.2) is 45.3 Å². The van der Waals surface area contributed by atoms with Crippen LogP contribution < -0.4 is 5.73 Å². The average Bonchev–Trinajstić information content (AvgIpc) is 3.04. The van der Waals surface area contributed by atoms with E-state index >= 15 is 0 Å². The number of benzene rings is 1. The summed E-state index contributed by atoms with van der Waals surface area (Å²) in [6.45, 7) is 0.713. The molecule has 0 atom stereocenters. The number of hydrogen-bond donors (Lipinski definition) is 2. The van der Waals surface area contributed by atoms with E-state index in [0.29, 0.717) is 13.0 Å². The second-order valence-electron chi connectivity index (χ2n) is 4.58. The second kappa shape index (κ2) is 5.87. The van der Waals surface area contributed by atoms with Crippen molar-refractivity contribution in [2.75, 3.05) is 0 Å². The van der Waals surface area contributed by atoms with Crippen molar-refractivity contribution >= 4 is 44.1 Å². The molecule has 0 aliphatic heterocycles. The number of imidazole rings is 1. The number of nitrogens with two attached hydrogens (primary N) is 1. The summed E-state index contributed by atoms with van der Waals surface area (Å²) >= 11 is 5.16. The Morgan fingerprint density at radius 1 is 1.33 bits per heavy atom. The van der Waals surface area contributed by atoms with Crippen LogP contribution in [0.5, 0.6) is 0 Å². The van der Waals surface area contributed by atoms with Gasteiger partial charge in [-0.15, -0.1) is 11.3 Å². The van der Waals surface area contributed by atoms with E-state index in [2.05, 4.69) is 36.7 Å². The summed E-state index contributed by atoms with van der Waals surface area (Å²) in [6, 6.07) is 12.0.